The number of halogens is 3. The molecule has 122 valence electrons. The van der Waals surface area contributed by atoms with Crippen LogP contribution in [-0.4, -0.2) is 24.7 Å². The maximum Gasteiger partial charge on any atom is 0.449 e. The summed E-state index contributed by atoms with van der Waals surface area (Å²) >= 11 is 0. The van der Waals surface area contributed by atoms with Crippen LogP contribution in [0.3, 0.4) is 0 Å². The van der Waals surface area contributed by atoms with E-state index in [1.165, 1.54) is 12.4 Å². The van der Waals surface area contributed by atoms with Gasteiger partial charge in [0, 0.05) is 5.57 Å². The van der Waals surface area contributed by atoms with Crippen LogP contribution in [0.1, 0.15) is 24.5 Å². The third kappa shape index (κ3) is 2.49. The lowest BCUT2D eigenvalue weighted by Gasteiger charge is -2.09. The van der Waals surface area contributed by atoms with Gasteiger partial charge >= 0.3 is 6.18 Å². The molecule has 0 amide bonds. The van der Waals surface area contributed by atoms with E-state index >= 15 is 0 Å². The Hall–Kier alpha value is -2.90. The molecule has 8 heteroatoms. The minimum absolute atomic E-state index is 0.254. The fourth-order valence-corrected chi connectivity index (χ4v) is 2.67. The maximum atomic E-state index is 12.8. The number of fused-ring (bicyclic) bond motifs is 1. The summed E-state index contributed by atoms with van der Waals surface area (Å²) in [5.41, 5.74) is 2.12. The Kier molecular flexibility index (Phi) is 3.26. The lowest BCUT2D eigenvalue weighted by Crippen LogP contribution is -2.06. The van der Waals surface area contributed by atoms with Gasteiger partial charge < -0.3 is 4.98 Å². The van der Waals surface area contributed by atoms with Crippen molar-refractivity contribution in [1.82, 2.24) is 24.7 Å². The Labute approximate surface area is 134 Å². The molecule has 0 saturated heterocycles. The van der Waals surface area contributed by atoms with Gasteiger partial charge in [-0.2, -0.15) is 18.3 Å². The lowest BCUT2D eigenvalue weighted by molar-refractivity contribution is -0.144. The van der Waals surface area contributed by atoms with Gasteiger partial charge in [0.05, 0.1) is 16.7 Å². The Morgan fingerprint density at radius 2 is 2.04 bits per heavy atom. The van der Waals surface area contributed by atoms with Crippen LogP contribution >= 0.6 is 0 Å². The van der Waals surface area contributed by atoms with Gasteiger partial charge in [0.25, 0.3) is 0 Å². The SMILES string of the molecule is FC(F)(F)c1nc2ccc(-n3ncnc3C3=CCCC=C3)cc2[nH]1. The molecule has 0 fully saturated rings. The van der Waals surface area contributed by atoms with Crippen LogP contribution in [0.15, 0.2) is 42.8 Å². The smallest absolute Gasteiger partial charge is 0.334 e. The monoisotopic (exact) mass is 331 g/mol. The average molecular weight is 331 g/mol. The van der Waals surface area contributed by atoms with Gasteiger partial charge in [-0.1, -0.05) is 18.2 Å². The van der Waals surface area contributed by atoms with E-state index < -0.39 is 12.0 Å². The zero-order valence-electron chi connectivity index (χ0n) is 12.4. The zero-order valence-corrected chi connectivity index (χ0v) is 12.4. The fraction of sp³-hybridized carbons (Fsp3) is 0.188. The van der Waals surface area contributed by atoms with Crippen LogP contribution in [0.25, 0.3) is 22.3 Å². The van der Waals surface area contributed by atoms with Crippen molar-refractivity contribution in [1.29, 1.82) is 0 Å². The van der Waals surface area contributed by atoms with Gasteiger partial charge in [0.2, 0.25) is 5.82 Å². The summed E-state index contributed by atoms with van der Waals surface area (Å²) in [5, 5.41) is 4.20. The number of H-pyrrole nitrogens is 1. The quantitative estimate of drug-likeness (QED) is 0.775. The molecule has 1 aliphatic rings. The molecule has 1 aromatic carbocycles. The standard InChI is InChI=1S/C16H12F3N5/c17-16(18,19)15-22-12-7-6-11(8-13(12)23-15)24-14(20-9-21-24)10-4-2-1-3-5-10/h2,4-9H,1,3H2,(H,22,23). The van der Waals surface area contributed by atoms with Crippen molar-refractivity contribution in [3.63, 3.8) is 0 Å². The summed E-state index contributed by atoms with van der Waals surface area (Å²) in [6, 6.07) is 4.80. The number of imidazole rings is 1. The summed E-state index contributed by atoms with van der Waals surface area (Å²) in [4.78, 5) is 10.1. The molecule has 3 aromatic rings. The Bertz CT molecular complexity index is 962. The highest BCUT2D eigenvalue weighted by Crippen LogP contribution is 2.29. The molecule has 1 aliphatic carbocycles. The number of hydrogen-bond acceptors (Lipinski definition) is 3. The first-order chi connectivity index (χ1) is 11.5. The van der Waals surface area contributed by atoms with Crippen LogP contribution in [0, 0.1) is 0 Å². The minimum Gasteiger partial charge on any atom is -0.334 e. The van der Waals surface area contributed by atoms with Crippen molar-refractivity contribution < 1.29 is 13.2 Å². The molecule has 2 heterocycles. The van der Waals surface area contributed by atoms with Crippen molar-refractivity contribution in [3.05, 3.63) is 54.4 Å². The Morgan fingerprint density at radius 3 is 2.79 bits per heavy atom. The van der Waals surface area contributed by atoms with Gasteiger partial charge in [0.1, 0.15) is 6.33 Å². The highest BCUT2D eigenvalue weighted by molar-refractivity contribution is 5.78. The first-order valence-corrected chi connectivity index (χ1v) is 7.37. The molecule has 2 aromatic heterocycles. The predicted octanol–water partition coefficient (Wildman–Crippen LogP) is 3.90. The molecule has 5 nitrogen and oxygen atoms in total. The Balaban J connectivity index is 1.79. The zero-order chi connectivity index (χ0) is 16.7. The fourth-order valence-electron chi connectivity index (χ4n) is 2.67. The van der Waals surface area contributed by atoms with Crippen LogP contribution in [0.2, 0.25) is 0 Å². The molecule has 0 unspecified atom stereocenters. The van der Waals surface area contributed by atoms with Gasteiger partial charge in [0.15, 0.2) is 5.82 Å². The molecule has 0 spiro atoms. The van der Waals surface area contributed by atoms with Gasteiger partial charge in [-0.3, -0.25) is 0 Å². The molecule has 1 N–H and O–H groups in total. The van der Waals surface area contributed by atoms with E-state index in [9.17, 15) is 13.2 Å². The van der Waals surface area contributed by atoms with Crippen LogP contribution in [0.4, 0.5) is 13.2 Å². The largest absolute Gasteiger partial charge is 0.449 e. The highest BCUT2D eigenvalue weighted by Gasteiger charge is 2.34. The van der Waals surface area contributed by atoms with Crippen molar-refractivity contribution in [2.45, 2.75) is 19.0 Å². The number of benzene rings is 1. The summed E-state index contributed by atoms with van der Waals surface area (Å²) in [5.74, 6) is -0.354. The minimum atomic E-state index is -4.50. The molecule has 24 heavy (non-hydrogen) atoms. The van der Waals surface area contributed by atoms with E-state index in [1.54, 1.807) is 16.8 Å². The summed E-state index contributed by atoms with van der Waals surface area (Å²) in [6.07, 6.45) is 4.93. The van der Waals surface area contributed by atoms with E-state index in [-0.39, 0.29) is 5.52 Å². The van der Waals surface area contributed by atoms with Crippen LogP contribution < -0.4 is 0 Å². The maximum absolute atomic E-state index is 12.8. The second-order valence-electron chi connectivity index (χ2n) is 5.42. The molecular formula is C16H12F3N5. The van der Waals surface area contributed by atoms with Gasteiger partial charge in [-0.05, 0) is 31.0 Å². The van der Waals surface area contributed by atoms with Crippen molar-refractivity contribution in [2.75, 3.05) is 0 Å². The number of nitrogens with one attached hydrogen (secondary N) is 1. The van der Waals surface area contributed by atoms with E-state index in [0.717, 1.165) is 18.4 Å². The number of hydrogen-bond donors (Lipinski definition) is 1. The summed E-state index contributed by atoms with van der Waals surface area (Å²) in [6.45, 7) is 0. The average Bonchev–Trinajstić information content (AvgIpc) is 3.21. The van der Waals surface area contributed by atoms with Gasteiger partial charge in [-0.25, -0.2) is 14.6 Å². The van der Waals surface area contributed by atoms with Gasteiger partial charge in [-0.15, -0.1) is 0 Å². The second kappa shape index (κ2) is 5.33. The van der Waals surface area contributed by atoms with Crippen molar-refractivity contribution >= 4 is 16.6 Å². The van der Waals surface area contributed by atoms with E-state index in [0.29, 0.717) is 17.0 Å². The van der Waals surface area contributed by atoms with E-state index in [2.05, 4.69) is 32.2 Å². The second-order valence-corrected chi connectivity index (χ2v) is 5.42. The first-order valence-electron chi connectivity index (χ1n) is 7.37. The molecule has 4 rings (SSSR count). The van der Waals surface area contributed by atoms with E-state index in [1.807, 2.05) is 6.08 Å². The van der Waals surface area contributed by atoms with Crippen LogP contribution in [-0.2, 0) is 6.18 Å². The molecule has 0 saturated carbocycles. The molecule has 0 radical (unpaired) electrons. The van der Waals surface area contributed by atoms with Crippen molar-refractivity contribution in [3.8, 4) is 5.69 Å². The molecule has 0 bridgehead atoms. The molecule has 0 aliphatic heterocycles. The van der Waals surface area contributed by atoms with E-state index in [4.69, 9.17) is 0 Å². The predicted molar refractivity (Wildman–Crippen MR) is 82.4 cm³/mol. The van der Waals surface area contributed by atoms with Crippen LogP contribution in [0.5, 0.6) is 0 Å². The lowest BCUT2D eigenvalue weighted by atomic mass is 10.1. The Morgan fingerprint density at radius 1 is 1.17 bits per heavy atom. The number of aromatic amines is 1. The normalized spacial score (nSPS) is 15.0. The highest BCUT2D eigenvalue weighted by atomic mass is 19.4. The summed E-state index contributed by atoms with van der Waals surface area (Å²) < 4.78 is 39.9. The third-order valence-electron chi connectivity index (χ3n) is 3.78. The third-order valence-corrected chi connectivity index (χ3v) is 3.78. The number of aromatic nitrogens is 5. The topological polar surface area (TPSA) is 59.4 Å². The van der Waals surface area contributed by atoms with Crippen molar-refractivity contribution in [2.24, 2.45) is 0 Å². The number of allylic oxidation sites excluding steroid dienone is 4. The molecule has 0 atom stereocenters. The number of alkyl halides is 3. The first kappa shape index (κ1) is 14.7. The molecular weight excluding hydrogens is 319 g/mol. The number of rotatable bonds is 2. The summed E-state index contributed by atoms with van der Waals surface area (Å²) in [7, 11) is 0. The number of nitrogens with zero attached hydrogens (tertiary/aromatic N) is 4.